The summed E-state index contributed by atoms with van der Waals surface area (Å²) in [4.78, 5) is 16.3. The number of amides is 1. The van der Waals surface area contributed by atoms with Crippen molar-refractivity contribution in [1.82, 2.24) is 10.3 Å². The molecule has 0 saturated carbocycles. The van der Waals surface area contributed by atoms with Crippen LogP contribution in [0, 0.1) is 5.92 Å². The van der Waals surface area contributed by atoms with E-state index >= 15 is 0 Å². The molecular formula is C25H27N3O. The Balaban J connectivity index is 1.56. The van der Waals surface area contributed by atoms with Crippen LogP contribution in [0.3, 0.4) is 0 Å². The lowest BCUT2D eigenvalue weighted by molar-refractivity contribution is 0.0953. The molecule has 0 saturated heterocycles. The summed E-state index contributed by atoms with van der Waals surface area (Å²) in [5.74, 6) is 0.814. The van der Waals surface area contributed by atoms with E-state index in [0.29, 0.717) is 11.8 Å². The van der Waals surface area contributed by atoms with E-state index in [1.165, 1.54) is 16.5 Å². The number of rotatable bonds is 5. The maximum Gasteiger partial charge on any atom is 0.253 e. The highest BCUT2D eigenvalue weighted by atomic mass is 16.1. The minimum absolute atomic E-state index is 0.0147. The maximum atomic E-state index is 12.9. The van der Waals surface area contributed by atoms with Crippen molar-refractivity contribution in [2.45, 2.75) is 38.1 Å². The van der Waals surface area contributed by atoms with Gasteiger partial charge in [-0.25, -0.2) is 0 Å². The quantitative estimate of drug-likeness (QED) is 0.400. The van der Waals surface area contributed by atoms with Crippen LogP contribution in [0.25, 0.3) is 10.9 Å². The number of hydrogen-bond donors (Lipinski definition) is 3. The maximum absolute atomic E-state index is 12.9. The molecule has 2 aromatic carbocycles. The molecule has 2 aliphatic rings. The lowest BCUT2D eigenvalue weighted by Gasteiger charge is -2.38. The summed E-state index contributed by atoms with van der Waals surface area (Å²) in [6.07, 6.45) is 9.87. The zero-order chi connectivity index (χ0) is 19.8. The number of aromatic amines is 1. The largest absolute Gasteiger partial charge is 0.377 e. The van der Waals surface area contributed by atoms with Gasteiger partial charge in [0.25, 0.3) is 5.91 Å². The second kappa shape index (κ2) is 7.43. The number of H-pyrrole nitrogens is 1. The van der Waals surface area contributed by atoms with E-state index in [9.17, 15) is 4.79 Å². The van der Waals surface area contributed by atoms with Gasteiger partial charge >= 0.3 is 0 Å². The van der Waals surface area contributed by atoms with Gasteiger partial charge in [0.2, 0.25) is 0 Å². The van der Waals surface area contributed by atoms with Gasteiger partial charge in [-0.15, -0.1) is 0 Å². The van der Waals surface area contributed by atoms with Gasteiger partial charge in [-0.2, -0.15) is 0 Å². The van der Waals surface area contributed by atoms with Crippen LogP contribution in [0.4, 0.5) is 5.69 Å². The number of carbonyl (C=O) groups excluding carboxylic acids is 1. The zero-order valence-electron chi connectivity index (χ0n) is 16.7. The first-order valence-electron chi connectivity index (χ1n) is 10.7. The van der Waals surface area contributed by atoms with Crippen molar-refractivity contribution < 1.29 is 4.79 Å². The molecule has 1 aromatic heterocycles. The van der Waals surface area contributed by atoms with Crippen LogP contribution in [0.2, 0.25) is 0 Å². The Morgan fingerprint density at radius 1 is 1.14 bits per heavy atom. The highest BCUT2D eigenvalue weighted by Gasteiger charge is 2.40. The highest BCUT2D eigenvalue weighted by molar-refractivity contribution is 6.01. The van der Waals surface area contributed by atoms with Crippen LogP contribution in [0.1, 0.15) is 59.6 Å². The Bertz CT molecular complexity index is 1080. The van der Waals surface area contributed by atoms with E-state index in [2.05, 4.69) is 71.2 Å². The summed E-state index contributed by atoms with van der Waals surface area (Å²) in [5.41, 5.74) is 5.42. The molecule has 0 fully saturated rings. The lowest BCUT2D eigenvalue weighted by atomic mass is 9.76. The first-order valence-corrected chi connectivity index (χ1v) is 10.7. The van der Waals surface area contributed by atoms with Crippen molar-refractivity contribution in [3.63, 3.8) is 0 Å². The Morgan fingerprint density at radius 2 is 2.03 bits per heavy atom. The summed E-state index contributed by atoms with van der Waals surface area (Å²) in [5, 5.41) is 8.12. The Kier molecular flexibility index (Phi) is 4.62. The molecule has 29 heavy (non-hydrogen) atoms. The molecule has 3 unspecified atom stereocenters. The summed E-state index contributed by atoms with van der Waals surface area (Å²) >= 11 is 0. The van der Waals surface area contributed by atoms with Crippen LogP contribution in [-0.2, 0) is 0 Å². The van der Waals surface area contributed by atoms with Gasteiger partial charge in [-0.3, -0.25) is 4.79 Å². The average Bonchev–Trinajstić information content (AvgIpc) is 3.40. The van der Waals surface area contributed by atoms with E-state index in [0.717, 1.165) is 42.6 Å². The van der Waals surface area contributed by atoms with Crippen molar-refractivity contribution >= 4 is 22.5 Å². The number of carbonyl (C=O) groups is 1. The predicted molar refractivity (Wildman–Crippen MR) is 118 cm³/mol. The van der Waals surface area contributed by atoms with Crippen molar-refractivity contribution in [2.24, 2.45) is 5.92 Å². The molecule has 4 heteroatoms. The molecule has 1 amide bonds. The number of benzene rings is 2. The molecule has 0 spiro atoms. The molecule has 0 radical (unpaired) electrons. The van der Waals surface area contributed by atoms with Crippen molar-refractivity contribution in [3.8, 4) is 0 Å². The first-order chi connectivity index (χ1) is 14.3. The average molecular weight is 386 g/mol. The number of anilines is 1. The SMILES string of the molecule is CCCCNC(=O)c1cccc2c1NC(c1c[nH]c3ccccc13)C1CC=CC21. The summed E-state index contributed by atoms with van der Waals surface area (Å²) in [6.45, 7) is 2.85. The van der Waals surface area contributed by atoms with Crippen LogP contribution < -0.4 is 10.6 Å². The fourth-order valence-corrected chi connectivity index (χ4v) is 4.94. The van der Waals surface area contributed by atoms with E-state index in [4.69, 9.17) is 0 Å². The minimum Gasteiger partial charge on any atom is -0.377 e. The summed E-state index contributed by atoms with van der Waals surface area (Å²) in [6, 6.07) is 14.7. The van der Waals surface area contributed by atoms with Gasteiger partial charge in [-0.1, -0.05) is 55.8 Å². The highest BCUT2D eigenvalue weighted by Crippen LogP contribution is 2.51. The third-order valence-electron chi connectivity index (χ3n) is 6.41. The van der Waals surface area contributed by atoms with Gasteiger partial charge in [0.05, 0.1) is 17.3 Å². The first kappa shape index (κ1) is 18.0. The molecule has 5 rings (SSSR count). The third-order valence-corrected chi connectivity index (χ3v) is 6.41. The van der Waals surface area contributed by atoms with E-state index in [1.807, 2.05) is 12.1 Å². The van der Waals surface area contributed by atoms with Crippen LogP contribution >= 0.6 is 0 Å². The molecule has 3 atom stereocenters. The molecule has 148 valence electrons. The molecule has 1 aliphatic carbocycles. The minimum atomic E-state index is 0.0147. The summed E-state index contributed by atoms with van der Waals surface area (Å²) in [7, 11) is 0. The standard InChI is InChI=1S/C25H27N3O/c1-2-3-14-26-25(29)20-12-7-11-18-16-9-6-10-19(16)24(28-23(18)20)21-15-27-22-13-5-4-8-17(21)22/h4-9,11-13,15-16,19,24,27-28H,2-3,10,14H2,1H3,(H,26,29). The number of fused-ring (bicyclic) bond motifs is 4. The smallest absolute Gasteiger partial charge is 0.253 e. The predicted octanol–water partition coefficient (Wildman–Crippen LogP) is 5.52. The molecule has 0 bridgehead atoms. The monoisotopic (exact) mass is 385 g/mol. The number of hydrogen-bond acceptors (Lipinski definition) is 2. The van der Waals surface area contributed by atoms with E-state index in [-0.39, 0.29) is 11.9 Å². The summed E-state index contributed by atoms with van der Waals surface area (Å²) < 4.78 is 0. The van der Waals surface area contributed by atoms with Gasteiger partial charge < -0.3 is 15.6 Å². The number of allylic oxidation sites excluding steroid dienone is 2. The number of para-hydroxylation sites is 2. The molecule has 2 heterocycles. The third kappa shape index (κ3) is 3.03. The van der Waals surface area contributed by atoms with Crippen molar-refractivity contribution in [2.75, 3.05) is 11.9 Å². The van der Waals surface area contributed by atoms with Gasteiger partial charge in [0, 0.05) is 29.6 Å². The normalized spacial score (nSPS) is 22.2. The Labute approximate surface area is 171 Å². The fourth-order valence-electron chi connectivity index (χ4n) is 4.94. The molecule has 3 N–H and O–H groups in total. The van der Waals surface area contributed by atoms with Crippen LogP contribution in [-0.4, -0.2) is 17.4 Å². The van der Waals surface area contributed by atoms with Crippen molar-refractivity contribution in [1.29, 1.82) is 0 Å². The lowest BCUT2D eigenvalue weighted by Crippen LogP contribution is -2.32. The second-order valence-corrected chi connectivity index (χ2v) is 8.14. The van der Waals surface area contributed by atoms with E-state index < -0.39 is 0 Å². The number of nitrogens with one attached hydrogen (secondary N) is 3. The van der Waals surface area contributed by atoms with Crippen LogP contribution in [0.15, 0.2) is 60.8 Å². The molecule has 4 nitrogen and oxygen atoms in total. The van der Waals surface area contributed by atoms with Gasteiger partial charge in [0.15, 0.2) is 0 Å². The zero-order valence-corrected chi connectivity index (χ0v) is 16.7. The number of unbranched alkanes of at least 4 members (excludes halogenated alkanes) is 1. The Hall–Kier alpha value is -3.01. The van der Waals surface area contributed by atoms with Gasteiger partial charge in [0.1, 0.15) is 0 Å². The van der Waals surface area contributed by atoms with Gasteiger partial charge in [-0.05, 0) is 42.0 Å². The second-order valence-electron chi connectivity index (χ2n) is 8.14. The fraction of sp³-hybridized carbons (Fsp3) is 0.320. The molecule has 3 aromatic rings. The van der Waals surface area contributed by atoms with E-state index in [1.54, 1.807) is 0 Å². The molecular weight excluding hydrogens is 358 g/mol. The molecule has 1 aliphatic heterocycles. The van der Waals surface area contributed by atoms with Crippen molar-refractivity contribution in [3.05, 3.63) is 77.5 Å². The number of aromatic nitrogens is 1. The Morgan fingerprint density at radius 3 is 2.93 bits per heavy atom. The topological polar surface area (TPSA) is 56.9 Å². The van der Waals surface area contributed by atoms with Crippen LogP contribution in [0.5, 0.6) is 0 Å².